The lowest BCUT2D eigenvalue weighted by atomic mass is 10.0. The Morgan fingerprint density at radius 3 is 2.67 bits per heavy atom. The summed E-state index contributed by atoms with van der Waals surface area (Å²) in [6.07, 6.45) is 2.93. The van der Waals surface area contributed by atoms with Gasteiger partial charge in [-0.2, -0.15) is 4.98 Å². The molecule has 264 valence electrons. The van der Waals surface area contributed by atoms with E-state index in [2.05, 4.69) is 36.2 Å². The van der Waals surface area contributed by atoms with Crippen molar-refractivity contribution in [1.29, 1.82) is 0 Å². The third-order valence-corrected chi connectivity index (χ3v) is 9.40. The van der Waals surface area contributed by atoms with Crippen LogP contribution in [0.25, 0.3) is 21.9 Å². The molecule has 51 heavy (non-hydrogen) atoms. The van der Waals surface area contributed by atoms with E-state index in [1.807, 2.05) is 18.2 Å². The number of piperidine rings is 2. The van der Waals surface area contributed by atoms with Crippen LogP contribution < -0.4 is 36.5 Å². The minimum atomic E-state index is -1.25. The van der Waals surface area contributed by atoms with E-state index in [0.717, 1.165) is 5.52 Å². The highest BCUT2D eigenvalue weighted by Gasteiger charge is 2.32. The maximum Gasteiger partial charge on any atom is 0.293 e. The van der Waals surface area contributed by atoms with Crippen LogP contribution in [0, 0.1) is 0 Å². The van der Waals surface area contributed by atoms with Gasteiger partial charge in [-0.15, -0.1) is 0 Å². The van der Waals surface area contributed by atoms with Gasteiger partial charge in [0, 0.05) is 43.8 Å². The Morgan fingerprint density at radius 1 is 1.08 bits per heavy atom. The van der Waals surface area contributed by atoms with Crippen LogP contribution in [0.3, 0.4) is 0 Å². The first-order chi connectivity index (χ1) is 24.6. The number of ether oxygens (including phenoxy) is 1. The van der Waals surface area contributed by atoms with Gasteiger partial charge in [0.1, 0.15) is 17.2 Å². The highest BCUT2D eigenvalue weighted by molar-refractivity contribution is 6.33. The Hall–Kier alpha value is -5.77. The minimum Gasteiger partial charge on any atom is -0.478 e. The molecule has 2 saturated heterocycles. The third kappa shape index (κ3) is 6.86. The van der Waals surface area contributed by atoms with E-state index < -0.39 is 18.3 Å². The van der Waals surface area contributed by atoms with Crippen LogP contribution in [0.4, 0.5) is 27.5 Å². The van der Waals surface area contributed by atoms with Crippen LogP contribution in [-0.4, -0.2) is 80.8 Å². The number of carbonyl (C=O) groups is 3. The fraction of sp³-hybridized carbons (Fsp3) is 0.324. The number of nitrogens with zero attached hydrogens (tertiary/aromatic N) is 6. The van der Waals surface area contributed by atoms with Crippen molar-refractivity contribution in [3.63, 3.8) is 0 Å². The largest absolute Gasteiger partial charge is 0.478 e. The summed E-state index contributed by atoms with van der Waals surface area (Å²) in [5.74, 6) is -0.321. The Balaban J connectivity index is 1.02. The summed E-state index contributed by atoms with van der Waals surface area (Å²) in [6.45, 7) is 0.236. The van der Waals surface area contributed by atoms with Crippen molar-refractivity contribution in [2.24, 2.45) is 7.05 Å². The quantitative estimate of drug-likeness (QED) is 0.165. The van der Waals surface area contributed by atoms with Crippen LogP contribution in [0.1, 0.15) is 25.3 Å². The lowest BCUT2D eigenvalue weighted by Crippen LogP contribution is -2.48. The second kappa shape index (κ2) is 13.9. The predicted octanol–water partition coefficient (Wildman–Crippen LogP) is 3.21. The molecule has 5 heterocycles. The number of aromatic nitrogens is 5. The van der Waals surface area contributed by atoms with Gasteiger partial charge >= 0.3 is 0 Å². The molecule has 2 fully saturated rings. The van der Waals surface area contributed by atoms with E-state index in [1.54, 1.807) is 47.1 Å². The smallest absolute Gasteiger partial charge is 0.293 e. The molecule has 2 aromatic carbocycles. The van der Waals surface area contributed by atoms with Crippen molar-refractivity contribution in [1.82, 2.24) is 34.7 Å². The molecule has 7 rings (SSSR count). The molecular weight excluding hydrogens is 683 g/mol. The first-order valence-electron chi connectivity index (χ1n) is 16.3. The van der Waals surface area contributed by atoms with E-state index in [1.165, 1.54) is 17.8 Å². The van der Waals surface area contributed by atoms with Gasteiger partial charge in [0.25, 0.3) is 11.5 Å². The summed E-state index contributed by atoms with van der Waals surface area (Å²) in [5.41, 5.74) is 3.00. The number of rotatable bonds is 9. The number of carbonyl (C=O) groups excluding carboxylic acids is 3. The average Bonchev–Trinajstić information content (AvgIpc) is 3.53. The summed E-state index contributed by atoms with van der Waals surface area (Å²) < 4.78 is 24.3. The monoisotopic (exact) mass is 716 g/mol. The summed E-state index contributed by atoms with van der Waals surface area (Å²) >= 11 is 6.47. The number of anilines is 4. The molecule has 0 radical (unpaired) electrons. The van der Waals surface area contributed by atoms with Gasteiger partial charge in [0.15, 0.2) is 18.2 Å². The number of benzene rings is 2. The van der Waals surface area contributed by atoms with E-state index >= 15 is 4.39 Å². The van der Waals surface area contributed by atoms with Gasteiger partial charge in [-0.25, -0.2) is 14.4 Å². The predicted molar refractivity (Wildman–Crippen MR) is 189 cm³/mol. The van der Waals surface area contributed by atoms with Crippen molar-refractivity contribution < 1.29 is 23.5 Å². The van der Waals surface area contributed by atoms with Crippen molar-refractivity contribution in [2.75, 3.05) is 42.3 Å². The van der Waals surface area contributed by atoms with Gasteiger partial charge in [-0.1, -0.05) is 11.6 Å². The van der Waals surface area contributed by atoms with E-state index in [4.69, 9.17) is 16.3 Å². The summed E-state index contributed by atoms with van der Waals surface area (Å²) in [4.78, 5) is 63.6. The molecule has 1 unspecified atom stereocenters. The molecule has 0 spiro atoms. The molecule has 0 bridgehead atoms. The zero-order chi connectivity index (χ0) is 35.8. The number of aryl methyl sites for hydroxylation is 1. The molecule has 17 heteroatoms. The maximum absolute atomic E-state index is 15.6. The molecule has 4 N–H and O–H groups in total. The average molecular weight is 717 g/mol. The Kier molecular flexibility index (Phi) is 9.16. The number of hydrogen-bond acceptors (Lipinski definition) is 11. The molecule has 5 aromatic rings. The molecule has 3 amide bonds. The lowest BCUT2D eigenvalue weighted by molar-refractivity contribution is -0.135. The third-order valence-electron chi connectivity index (χ3n) is 9.12. The molecular formula is C34H34ClFN10O5. The van der Waals surface area contributed by atoms with Crippen LogP contribution in [0.5, 0.6) is 5.75 Å². The first-order valence-corrected chi connectivity index (χ1v) is 16.7. The van der Waals surface area contributed by atoms with Gasteiger partial charge in [0.05, 0.1) is 41.7 Å². The van der Waals surface area contributed by atoms with Gasteiger partial charge in [-0.3, -0.25) is 24.5 Å². The van der Waals surface area contributed by atoms with Crippen molar-refractivity contribution in [3.8, 4) is 5.75 Å². The number of amides is 3. The summed E-state index contributed by atoms with van der Waals surface area (Å²) in [5, 5.41) is 12.3. The number of imide groups is 1. The van der Waals surface area contributed by atoms with Crippen LogP contribution in [0.15, 0.2) is 59.8 Å². The molecule has 0 saturated carbocycles. The van der Waals surface area contributed by atoms with E-state index in [9.17, 15) is 19.2 Å². The number of pyridine rings is 1. The van der Waals surface area contributed by atoms with Crippen molar-refractivity contribution in [2.45, 2.75) is 37.5 Å². The minimum absolute atomic E-state index is 0.0351. The second-order valence-electron chi connectivity index (χ2n) is 12.4. The fourth-order valence-electron chi connectivity index (χ4n) is 6.37. The topological polar surface area (TPSA) is 177 Å². The van der Waals surface area contributed by atoms with Gasteiger partial charge < -0.3 is 34.7 Å². The Labute approximate surface area is 295 Å². The van der Waals surface area contributed by atoms with E-state index in [0.29, 0.717) is 58.9 Å². The molecule has 3 atom stereocenters. The maximum atomic E-state index is 15.6. The molecule has 3 aromatic heterocycles. The number of alkyl halides is 1. The number of hydrogen-bond donors (Lipinski definition) is 4. The standard InChI is InChI=1S/C34H34ClFN10O5/c1-37-30(48)16-51-28-12-18-11-19(3-5-25(18)44(2)33(28)50)41-31-21(35)14-38-34(43-31)45-10-9-23(22(36)15-45)40-20-4-6-26-24(13-20)39-17-46(26)27-7-8-29(47)42-32(27)49/h3-6,11-14,17,22-23,27,40H,7-10,15-16H2,1-2H3,(H,37,48)(H,38,41,43)(H,42,47,49)/t22-,23-,27?/m0/s1. The molecule has 15 nitrogen and oxygen atoms in total. The SMILES string of the molecule is CNC(=O)COc1cc2cc(Nc3nc(N4CC[C@H](Nc5ccc6c(c5)ncn6C5CCC(=O)NC5=O)[C@@H](F)C4)ncc3Cl)ccc2n(C)c1=O. The number of nitrogens with one attached hydrogen (secondary N) is 4. The normalized spacial score (nSPS) is 19.2. The number of likely N-dealkylation sites (N-methyl/N-ethyl adjacent to an activating group) is 1. The van der Waals surface area contributed by atoms with Crippen molar-refractivity contribution in [3.05, 3.63) is 70.4 Å². The zero-order valence-electron chi connectivity index (χ0n) is 27.7. The summed E-state index contributed by atoms with van der Waals surface area (Å²) in [7, 11) is 3.10. The molecule has 2 aliphatic heterocycles. The second-order valence-corrected chi connectivity index (χ2v) is 12.8. The van der Waals surface area contributed by atoms with Gasteiger partial charge in [0.2, 0.25) is 17.8 Å². The number of halogens is 2. The van der Waals surface area contributed by atoms with Crippen LogP contribution in [0.2, 0.25) is 5.02 Å². The first kappa shape index (κ1) is 33.7. The number of imidazole rings is 1. The van der Waals surface area contributed by atoms with Crippen LogP contribution >= 0.6 is 11.6 Å². The molecule has 0 aliphatic carbocycles. The Bertz CT molecular complexity index is 2240. The van der Waals surface area contributed by atoms with Crippen LogP contribution in [-0.2, 0) is 21.4 Å². The fourth-order valence-corrected chi connectivity index (χ4v) is 6.50. The summed E-state index contributed by atoms with van der Waals surface area (Å²) in [6, 6.07) is 11.4. The zero-order valence-corrected chi connectivity index (χ0v) is 28.4. The Morgan fingerprint density at radius 2 is 1.88 bits per heavy atom. The van der Waals surface area contributed by atoms with Crippen molar-refractivity contribution >= 4 is 74.4 Å². The van der Waals surface area contributed by atoms with Gasteiger partial charge in [-0.05, 0) is 55.3 Å². The highest BCUT2D eigenvalue weighted by atomic mass is 35.5. The number of fused-ring (bicyclic) bond motifs is 2. The highest BCUT2D eigenvalue weighted by Crippen LogP contribution is 2.30. The molecule has 2 aliphatic rings. The van der Waals surface area contributed by atoms with E-state index in [-0.39, 0.29) is 53.6 Å². The lowest BCUT2D eigenvalue weighted by Gasteiger charge is -2.35.